The summed E-state index contributed by atoms with van der Waals surface area (Å²) in [7, 11) is -3.97. The molecule has 2 aromatic carbocycles. The summed E-state index contributed by atoms with van der Waals surface area (Å²) in [5.41, 5.74) is 0.846. The van der Waals surface area contributed by atoms with Crippen LogP contribution in [0.3, 0.4) is 0 Å². The second kappa shape index (κ2) is 8.20. The summed E-state index contributed by atoms with van der Waals surface area (Å²) < 4.78 is 73.8. The van der Waals surface area contributed by atoms with E-state index in [0.717, 1.165) is 12.1 Å². The van der Waals surface area contributed by atoms with Gasteiger partial charge in [0, 0.05) is 11.0 Å². The van der Waals surface area contributed by atoms with Crippen LogP contribution < -0.4 is 19.5 Å². The lowest BCUT2D eigenvalue weighted by Crippen LogP contribution is -2.30. The summed E-state index contributed by atoms with van der Waals surface area (Å²) in [5.74, 6) is -0.722. The third-order valence-corrected chi connectivity index (χ3v) is 5.72. The van der Waals surface area contributed by atoms with Gasteiger partial charge in [-0.05, 0) is 36.2 Å². The summed E-state index contributed by atoms with van der Waals surface area (Å²) in [6.45, 7) is -0.307. The molecule has 1 aliphatic heterocycles. The van der Waals surface area contributed by atoms with Crippen LogP contribution in [0.1, 0.15) is 5.56 Å². The first-order chi connectivity index (χ1) is 13.5. The predicted molar refractivity (Wildman–Crippen MR) is 100 cm³/mol. The van der Waals surface area contributed by atoms with Crippen molar-refractivity contribution >= 4 is 37.5 Å². The van der Waals surface area contributed by atoms with Crippen LogP contribution in [-0.4, -0.2) is 33.8 Å². The molecule has 12 heteroatoms. The van der Waals surface area contributed by atoms with Crippen LogP contribution >= 0.6 is 15.9 Å². The van der Waals surface area contributed by atoms with Gasteiger partial charge >= 0.3 is 6.36 Å². The Morgan fingerprint density at radius 1 is 1.21 bits per heavy atom. The van der Waals surface area contributed by atoms with Gasteiger partial charge in [0.05, 0.1) is 5.69 Å². The van der Waals surface area contributed by atoms with E-state index in [2.05, 4.69) is 30.7 Å². The number of nitrogens with one attached hydrogen (secondary N) is 2. The summed E-state index contributed by atoms with van der Waals surface area (Å²) in [5, 5.41) is 2.54. The van der Waals surface area contributed by atoms with Gasteiger partial charge in [-0.3, -0.25) is 4.79 Å². The number of hydrogen-bond acceptors (Lipinski definition) is 5. The number of rotatable bonds is 6. The summed E-state index contributed by atoms with van der Waals surface area (Å²) in [6, 6.07) is 8.00. The van der Waals surface area contributed by atoms with Crippen molar-refractivity contribution in [3.05, 3.63) is 46.4 Å². The van der Waals surface area contributed by atoms with Crippen molar-refractivity contribution in [1.29, 1.82) is 0 Å². The van der Waals surface area contributed by atoms with Crippen LogP contribution in [0.2, 0.25) is 0 Å². The minimum absolute atomic E-state index is 0.00451. The zero-order chi connectivity index (χ0) is 21.2. The molecule has 7 nitrogen and oxygen atoms in total. The van der Waals surface area contributed by atoms with E-state index in [9.17, 15) is 26.4 Å². The van der Waals surface area contributed by atoms with Crippen molar-refractivity contribution in [1.82, 2.24) is 4.72 Å². The number of benzene rings is 2. The first-order valence-corrected chi connectivity index (χ1v) is 10.4. The molecule has 1 aliphatic rings. The maximum absolute atomic E-state index is 12.7. The predicted octanol–water partition coefficient (Wildman–Crippen LogP) is 3.20. The van der Waals surface area contributed by atoms with Crippen LogP contribution in [0.4, 0.5) is 18.9 Å². The molecule has 0 saturated heterocycles. The number of ether oxygens (including phenoxy) is 2. The molecule has 0 fully saturated rings. The number of sulfonamides is 1. The van der Waals surface area contributed by atoms with E-state index in [1.807, 2.05) is 0 Å². The fourth-order valence-electron chi connectivity index (χ4n) is 2.60. The zero-order valence-corrected chi connectivity index (χ0v) is 16.9. The molecule has 1 amide bonds. The van der Waals surface area contributed by atoms with Crippen molar-refractivity contribution in [2.75, 3.05) is 18.5 Å². The molecular weight excluding hydrogens is 481 g/mol. The molecule has 3 rings (SSSR count). The molecule has 0 aromatic heterocycles. The molecule has 2 aromatic rings. The lowest BCUT2D eigenvalue weighted by atomic mass is 10.1. The van der Waals surface area contributed by atoms with Gasteiger partial charge in [0.1, 0.15) is 10.6 Å². The highest BCUT2D eigenvalue weighted by atomic mass is 79.9. The fourth-order valence-corrected chi connectivity index (χ4v) is 4.43. The second-order valence-electron chi connectivity index (χ2n) is 5.96. The van der Waals surface area contributed by atoms with Gasteiger partial charge in [0.25, 0.3) is 5.91 Å². The van der Waals surface area contributed by atoms with Gasteiger partial charge in [0.15, 0.2) is 12.4 Å². The van der Waals surface area contributed by atoms with Crippen molar-refractivity contribution in [3.63, 3.8) is 0 Å². The molecule has 0 spiro atoms. The standard InChI is InChI=1S/C17H14BrF3N2O5S/c18-11-7-13-16(27-9-15(24)23-13)14(8-11)29(25,26)22-6-5-10-1-3-12(4-2-10)28-17(19,20)21/h1-4,7-8,22H,5-6,9H2,(H,23,24). The number of carbonyl (C=O) groups excluding carboxylic acids is 1. The highest BCUT2D eigenvalue weighted by Gasteiger charge is 2.31. The second-order valence-corrected chi connectivity index (χ2v) is 8.61. The molecule has 29 heavy (non-hydrogen) atoms. The summed E-state index contributed by atoms with van der Waals surface area (Å²) in [4.78, 5) is 11.3. The Hall–Kier alpha value is -2.31. The number of fused-ring (bicyclic) bond motifs is 1. The Morgan fingerprint density at radius 2 is 1.90 bits per heavy atom. The number of anilines is 1. The van der Waals surface area contributed by atoms with E-state index in [0.29, 0.717) is 10.0 Å². The third kappa shape index (κ3) is 5.61. The maximum atomic E-state index is 12.7. The Morgan fingerprint density at radius 3 is 2.55 bits per heavy atom. The highest BCUT2D eigenvalue weighted by molar-refractivity contribution is 9.10. The summed E-state index contributed by atoms with van der Waals surface area (Å²) >= 11 is 3.20. The molecule has 1 heterocycles. The Balaban J connectivity index is 1.67. The van der Waals surface area contributed by atoms with E-state index >= 15 is 0 Å². The van der Waals surface area contributed by atoms with E-state index in [-0.39, 0.29) is 41.7 Å². The van der Waals surface area contributed by atoms with Crippen LogP contribution in [0.5, 0.6) is 11.5 Å². The lowest BCUT2D eigenvalue weighted by Gasteiger charge is -2.21. The highest BCUT2D eigenvalue weighted by Crippen LogP contribution is 2.37. The van der Waals surface area contributed by atoms with Crippen molar-refractivity contribution < 1.29 is 35.9 Å². The number of alkyl halides is 3. The smallest absolute Gasteiger partial charge is 0.480 e. The van der Waals surface area contributed by atoms with E-state index < -0.39 is 22.3 Å². The van der Waals surface area contributed by atoms with Gasteiger partial charge in [0.2, 0.25) is 10.0 Å². The fraction of sp³-hybridized carbons (Fsp3) is 0.235. The first-order valence-electron chi connectivity index (χ1n) is 8.14. The van der Waals surface area contributed by atoms with Crippen LogP contribution in [0, 0.1) is 0 Å². The topological polar surface area (TPSA) is 93.7 Å². The number of carbonyl (C=O) groups is 1. The van der Waals surface area contributed by atoms with Crippen molar-refractivity contribution in [3.8, 4) is 11.5 Å². The van der Waals surface area contributed by atoms with Gasteiger partial charge in [-0.2, -0.15) is 0 Å². The molecule has 0 bridgehead atoms. The largest absolute Gasteiger partial charge is 0.573 e. The number of amides is 1. The van der Waals surface area contributed by atoms with Gasteiger partial charge < -0.3 is 14.8 Å². The maximum Gasteiger partial charge on any atom is 0.573 e. The van der Waals surface area contributed by atoms with Crippen LogP contribution in [0.25, 0.3) is 0 Å². The minimum Gasteiger partial charge on any atom is -0.480 e. The molecule has 2 N–H and O–H groups in total. The Kier molecular flexibility index (Phi) is 6.05. The molecular formula is C17H14BrF3N2O5S. The van der Waals surface area contributed by atoms with Crippen LogP contribution in [-0.2, 0) is 21.2 Å². The Labute approximate surface area is 172 Å². The normalized spacial score (nSPS) is 14.0. The SMILES string of the molecule is O=C1COc2c(cc(Br)cc2S(=O)(=O)NCCc2ccc(OC(F)(F)F)cc2)N1. The summed E-state index contributed by atoms with van der Waals surface area (Å²) in [6.07, 6.45) is -4.54. The minimum atomic E-state index is -4.78. The van der Waals surface area contributed by atoms with Crippen molar-refractivity contribution in [2.24, 2.45) is 0 Å². The van der Waals surface area contributed by atoms with E-state index in [1.54, 1.807) is 0 Å². The quantitative estimate of drug-likeness (QED) is 0.643. The molecule has 0 radical (unpaired) electrons. The van der Waals surface area contributed by atoms with Crippen LogP contribution in [0.15, 0.2) is 45.8 Å². The average Bonchev–Trinajstić information content (AvgIpc) is 2.60. The lowest BCUT2D eigenvalue weighted by molar-refractivity contribution is -0.274. The monoisotopic (exact) mass is 494 g/mol. The number of halogens is 4. The Bertz CT molecular complexity index is 1030. The van der Waals surface area contributed by atoms with Gasteiger partial charge in [-0.1, -0.05) is 28.1 Å². The molecule has 0 aliphatic carbocycles. The molecule has 0 saturated carbocycles. The molecule has 0 unspecified atom stereocenters. The van der Waals surface area contributed by atoms with E-state index in [1.165, 1.54) is 24.3 Å². The molecule has 0 atom stereocenters. The average molecular weight is 495 g/mol. The molecule has 156 valence electrons. The number of hydrogen-bond donors (Lipinski definition) is 2. The zero-order valence-electron chi connectivity index (χ0n) is 14.5. The van der Waals surface area contributed by atoms with E-state index in [4.69, 9.17) is 4.74 Å². The van der Waals surface area contributed by atoms with Gasteiger partial charge in [-0.25, -0.2) is 13.1 Å². The van der Waals surface area contributed by atoms with Crippen molar-refractivity contribution in [2.45, 2.75) is 17.7 Å². The third-order valence-electron chi connectivity index (χ3n) is 3.79. The first kappa shape index (κ1) is 21.4. The van der Waals surface area contributed by atoms with Gasteiger partial charge in [-0.15, -0.1) is 13.2 Å².